The van der Waals surface area contributed by atoms with Gasteiger partial charge < -0.3 is 14.2 Å². The van der Waals surface area contributed by atoms with E-state index in [0.717, 1.165) is 16.7 Å². The van der Waals surface area contributed by atoms with Gasteiger partial charge in [0, 0.05) is 30.1 Å². The Bertz CT molecular complexity index is 688. The molecule has 0 aromatic carbocycles. The van der Waals surface area contributed by atoms with Crippen molar-refractivity contribution in [2.45, 2.75) is 6.54 Å². The van der Waals surface area contributed by atoms with Gasteiger partial charge in [0.2, 0.25) is 0 Å². The van der Waals surface area contributed by atoms with E-state index in [0.29, 0.717) is 12.1 Å². The van der Waals surface area contributed by atoms with Gasteiger partial charge in [0.25, 0.3) is 5.91 Å². The van der Waals surface area contributed by atoms with Crippen LogP contribution in [0, 0.1) is 0 Å². The fraction of sp³-hybridized carbons (Fsp3) is 0.0667. The third kappa shape index (κ3) is 2.61. The normalized spacial score (nSPS) is 10.4. The molecule has 0 aliphatic rings. The van der Waals surface area contributed by atoms with Gasteiger partial charge in [-0.15, -0.1) is 0 Å². The second-order valence-corrected chi connectivity index (χ2v) is 4.29. The quantitative estimate of drug-likeness (QED) is 0.790. The maximum atomic E-state index is 11.8. The molecule has 5 nitrogen and oxygen atoms in total. The molecule has 3 heterocycles. The number of nitrogens with zero attached hydrogens (tertiary/aromatic N) is 1. The van der Waals surface area contributed by atoms with Crippen LogP contribution in [0.4, 0.5) is 0 Å². The second kappa shape index (κ2) is 5.44. The summed E-state index contributed by atoms with van der Waals surface area (Å²) in [7, 11) is 0. The molecule has 3 aromatic heterocycles. The average Bonchev–Trinajstić information content (AvgIpc) is 3.17. The van der Waals surface area contributed by atoms with Gasteiger partial charge >= 0.3 is 0 Å². The van der Waals surface area contributed by atoms with Crippen molar-refractivity contribution in [3.05, 3.63) is 66.8 Å². The monoisotopic (exact) mass is 268 g/mol. The molecule has 20 heavy (non-hydrogen) atoms. The van der Waals surface area contributed by atoms with Crippen molar-refractivity contribution in [1.82, 2.24) is 10.3 Å². The lowest BCUT2D eigenvalue weighted by Crippen LogP contribution is -2.22. The lowest BCUT2D eigenvalue weighted by Gasteiger charge is -2.05. The molecular weight excluding hydrogens is 256 g/mol. The summed E-state index contributed by atoms with van der Waals surface area (Å²) in [6.45, 7) is 0.405. The summed E-state index contributed by atoms with van der Waals surface area (Å²) in [5.74, 6) is -0.174. The molecule has 0 atom stereocenters. The zero-order valence-electron chi connectivity index (χ0n) is 10.6. The highest BCUT2D eigenvalue weighted by Gasteiger charge is 2.07. The van der Waals surface area contributed by atoms with E-state index in [1.807, 2.05) is 12.1 Å². The standard InChI is InChI=1S/C15H12N2O3/c18-15(13-2-4-20-10-13)17-7-11-5-14(8-16-6-11)12-1-3-19-9-12/h1-6,8-10H,7H2,(H,17,18). The molecule has 0 aliphatic heterocycles. The number of rotatable bonds is 4. The van der Waals surface area contributed by atoms with E-state index < -0.39 is 0 Å². The van der Waals surface area contributed by atoms with E-state index in [1.54, 1.807) is 31.0 Å². The number of carbonyl (C=O) groups is 1. The molecule has 3 rings (SSSR count). The molecule has 0 radical (unpaired) electrons. The minimum absolute atomic E-state index is 0.174. The first-order chi connectivity index (χ1) is 9.83. The summed E-state index contributed by atoms with van der Waals surface area (Å²) in [6.07, 6.45) is 9.63. The smallest absolute Gasteiger partial charge is 0.254 e. The van der Waals surface area contributed by atoms with Crippen molar-refractivity contribution in [2.75, 3.05) is 0 Å². The van der Waals surface area contributed by atoms with Crippen LogP contribution in [0.5, 0.6) is 0 Å². The number of furan rings is 2. The molecular formula is C15H12N2O3. The molecule has 0 bridgehead atoms. The molecule has 0 saturated carbocycles. The summed E-state index contributed by atoms with van der Waals surface area (Å²) >= 11 is 0. The number of aromatic nitrogens is 1. The maximum Gasteiger partial charge on any atom is 0.254 e. The van der Waals surface area contributed by atoms with E-state index in [4.69, 9.17) is 8.83 Å². The lowest BCUT2D eigenvalue weighted by molar-refractivity contribution is 0.0950. The van der Waals surface area contributed by atoms with Crippen molar-refractivity contribution in [3.63, 3.8) is 0 Å². The van der Waals surface area contributed by atoms with Crippen LogP contribution < -0.4 is 5.32 Å². The summed E-state index contributed by atoms with van der Waals surface area (Å²) in [4.78, 5) is 16.0. The second-order valence-electron chi connectivity index (χ2n) is 4.29. The zero-order valence-corrected chi connectivity index (χ0v) is 10.6. The van der Waals surface area contributed by atoms with E-state index >= 15 is 0 Å². The maximum absolute atomic E-state index is 11.8. The molecule has 1 amide bonds. The summed E-state index contributed by atoms with van der Waals surface area (Å²) < 4.78 is 9.92. The third-order valence-corrected chi connectivity index (χ3v) is 2.89. The Labute approximate surface area is 115 Å². The Morgan fingerprint density at radius 3 is 2.70 bits per heavy atom. The minimum atomic E-state index is -0.174. The van der Waals surface area contributed by atoms with Gasteiger partial charge in [-0.2, -0.15) is 0 Å². The predicted octanol–water partition coefficient (Wildman–Crippen LogP) is 2.86. The Balaban J connectivity index is 1.69. The minimum Gasteiger partial charge on any atom is -0.472 e. The first-order valence-electron chi connectivity index (χ1n) is 6.10. The van der Waals surface area contributed by atoms with Gasteiger partial charge in [0.1, 0.15) is 6.26 Å². The van der Waals surface area contributed by atoms with Gasteiger partial charge in [-0.3, -0.25) is 9.78 Å². The van der Waals surface area contributed by atoms with E-state index in [1.165, 1.54) is 12.5 Å². The number of hydrogen-bond acceptors (Lipinski definition) is 4. The van der Waals surface area contributed by atoms with Crippen molar-refractivity contribution < 1.29 is 13.6 Å². The van der Waals surface area contributed by atoms with Gasteiger partial charge in [-0.1, -0.05) is 0 Å². The van der Waals surface area contributed by atoms with Crippen molar-refractivity contribution >= 4 is 5.91 Å². The number of pyridine rings is 1. The highest BCUT2D eigenvalue weighted by atomic mass is 16.3. The average molecular weight is 268 g/mol. The van der Waals surface area contributed by atoms with Crippen LogP contribution in [0.2, 0.25) is 0 Å². The third-order valence-electron chi connectivity index (χ3n) is 2.89. The number of hydrogen-bond donors (Lipinski definition) is 1. The van der Waals surface area contributed by atoms with E-state index in [2.05, 4.69) is 10.3 Å². The molecule has 0 unspecified atom stereocenters. The number of amides is 1. The Morgan fingerprint density at radius 1 is 1.10 bits per heavy atom. The molecule has 5 heteroatoms. The molecule has 0 saturated heterocycles. The highest BCUT2D eigenvalue weighted by Crippen LogP contribution is 2.19. The Morgan fingerprint density at radius 2 is 1.95 bits per heavy atom. The Kier molecular flexibility index (Phi) is 3.33. The first-order valence-corrected chi connectivity index (χ1v) is 6.10. The SMILES string of the molecule is O=C(NCc1cncc(-c2ccoc2)c1)c1ccoc1. The van der Waals surface area contributed by atoms with Crippen LogP contribution >= 0.6 is 0 Å². The van der Waals surface area contributed by atoms with Gasteiger partial charge in [-0.05, 0) is 23.8 Å². The van der Waals surface area contributed by atoms with Crippen LogP contribution in [0.25, 0.3) is 11.1 Å². The van der Waals surface area contributed by atoms with Crippen LogP contribution in [0.3, 0.4) is 0 Å². The van der Waals surface area contributed by atoms with Crippen molar-refractivity contribution in [1.29, 1.82) is 0 Å². The summed E-state index contributed by atoms with van der Waals surface area (Å²) in [6, 6.07) is 5.45. The predicted molar refractivity (Wildman–Crippen MR) is 71.8 cm³/mol. The molecule has 0 spiro atoms. The number of carbonyl (C=O) groups excluding carboxylic acids is 1. The van der Waals surface area contributed by atoms with E-state index in [-0.39, 0.29) is 5.91 Å². The lowest BCUT2D eigenvalue weighted by atomic mass is 10.1. The molecule has 0 fully saturated rings. The largest absolute Gasteiger partial charge is 0.472 e. The van der Waals surface area contributed by atoms with Crippen molar-refractivity contribution in [2.24, 2.45) is 0 Å². The summed E-state index contributed by atoms with van der Waals surface area (Å²) in [5.41, 5.74) is 3.33. The van der Waals surface area contributed by atoms with Crippen LogP contribution in [-0.2, 0) is 6.54 Å². The van der Waals surface area contributed by atoms with Gasteiger partial charge in [0.05, 0.1) is 24.4 Å². The molecule has 100 valence electrons. The van der Waals surface area contributed by atoms with Crippen molar-refractivity contribution in [3.8, 4) is 11.1 Å². The summed E-state index contributed by atoms with van der Waals surface area (Å²) in [5, 5.41) is 2.81. The fourth-order valence-electron chi connectivity index (χ4n) is 1.85. The molecule has 3 aromatic rings. The van der Waals surface area contributed by atoms with Crippen LogP contribution in [0.1, 0.15) is 15.9 Å². The first kappa shape index (κ1) is 12.2. The Hall–Kier alpha value is -2.82. The van der Waals surface area contributed by atoms with Crippen LogP contribution in [0.15, 0.2) is 64.5 Å². The molecule has 1 N–H and O–H groups in total. The zero-order chi connectivity index (χ0) is 13.8. The fourth-order valence-corrected chi connectivity index (χ4v) is 1.85. The number of nitrogens with one attached hydrogen (secondary N) is 1. The topological polar surface area (TPSA) is 68.3 Å². The molecule has 0 aliphatic carbocycles. The van der Waals surface area contributed by atoms with E-state index in [9.17, 15) is 4.79 Å². The van der Waals surface area contributed by atoms with Gasteiger partial charge in [-0.25, -0.2) is 0 Å². The highest BCUT2D eigenvalue weighted by molar-refractivity contribution is 5.93. The van der Waals surface area contributed by atoms with Gasteiger partial charge in [0.15, 0.2) is 0 Å². The van der Waals surface area contributed by atoms with Crippen LogP contribution in [-0.4, -0.2) is 10.9 Å².